The fraction of sp³-hybridized carbons (Fsp3) is 0.600. The monoisotopic (exact) mass is 212 g/mol. The molecule has 0 aliphatic rings. The molecule has 2 N–H and O–H groups in total. The van der Waals surface area contributed by atoms with Crippen LogP contribution in [0.2, 0.25) is 0 Å². The van der Waals surface area contributed by atoms with Crippen LogP contribution in [0.5, 0.6) is 5.88 Å². The van der Waals surface area contributed by atoms with Gasteiger partial charge < -0.3 is 14.9 Å². The minimum Gasteiger partial charge on any atom is -0.474 e. The first-order valence-corrected chi connectivity index (χ1v) is 4.87. The molecule has 1 rings (SSSR count). The Morgan fingerprint density at radius 3 is 2.53 bits per heavy atom. The van der Waals surface area contributed by atoms with Crippen LogP contribution in [-0.2, 0) is 0 Å². The van der Waals surface area contributed by atoms with Crippen molar-refractivity contribution in [2.45, 2.75) is 25.9 Å². The summed E-state index contributed by atoms with van der Waals surface area (Å²) in [4.78, 5) is 8.18. The maximum absolute atomic E-state index is 9.04. The second-order valence-corrected chi connectivity index (χ2v) is 3.58. The Bertz CT molecular complexity index is 287. The summed E-state index contributed by atoms with van der Waals surface area (Å²) in [5.74, 6) is 0.682. The maximum atomic E-state index is 9.04. The van der Waals surface area contributed by atoms with E-state index in [1.807, 2.05) is 13.8 Å². The SMILES string of the molecule is CC(C)c1cnc(OC[C@H](O)CO)cn1. The number of nitrogens with zero attached hydrogens (tertiary/aromatic N) is 2. The molecule has 0 unspecified atom stereocenters. The van der Waals surface area contributed by atoms with Gasteiger partial charge in [0, 0.05) is 0 Å². The fourth-order valence-electron chi connectivity index (χ4n) is 0.933. The maximum Gasteiger partial charge on any atom is 0.232 e. The van der Waals surface area contributed by atoms with E-state index in [9.17, 15) is 0 Å². The number of aliphatic hydroxyl groups excluding tert-OH is 2. The molecule has 0 aliphatic heterocycles. The molecule has 1 aromatic heterocycles. The van der Waals surface area contributed by atoms with E-state index < -0.39 is 6.10 Å². The van der Waals surface area contributed by atoms with Gasteiger partial charge in [0.25, 0.3) is 0 Å². The van der Waals surface area contributed by atoms with Gasteiger partial charge in [0.05, 0.1) is 24.7 Å². The molecule has 84 valence electrons. The van der Waals surface area contributed by atoms with Crippen LogP contribution in [0.15, 0.2) is 12.4 Å². The molecule has 0 saturated heterocycles. The molecule has 0 fully saturated rings. The van der Waals surface area contributed by atoms with E-state index >= 15 is 0 Å². The standard InChI is InChI=1S/C10H16N2O3/c1-7(2)9-3-12-10(4-11-9)15-6-8(14)5-13/h3-4,7-8,13-14H,5-6H2,1-2H3/t8-/m1/s1. The Hall–Kier alpha value is -1.20. The van der Waals surface area contributed by atoms with Gasteiger partial charge in [-0.15, -0.1) is 0 Å². The number of aromatic nitrogens is 2. The Morgan fingerprint density at radius 1 is 1.33 bits per heavy atom. The number of ether oxygens (including phenoxy) is 1. The van der Waals surface area contributed by atoms with Crippen molar-refractivity contribution in [1.82, 2.24) is 9.97 Å². The minimum absolute atomic E-state index is 0.0200. The predicted molar refractivity (Wildman–Crippen MR) is 54.7 cm³/mol. The molecule has 1 aromatic rings. The van der Waals surface area contributed by atoms with E-state index in [0.717, 1.165) is 5.69 Å². The molecule has 0 aliphatic carbocycles. The number of hydrogen-bond donors (Lipinski definition) is 2. The van der Waals surface area contributed by atoms with Crippen LogP contribution in [-0.4, -0.2) is 39.5 Å². The van der Waals surface area contributed by atoms with E-state index in [1.165, 1.54) is 6.20 Å². The summed E-state index contributed by atoms with van der Waals surface area (Å²) in [6.45, 7) is 3.75. The molecular weight excluding hydrogens is 196 g/mol. The van der Waals surface area contributed by atoms with Crippen molar-refractivity contribution in [1.29, 1.82) is 0 Å². The molecule has 1 heterocycles. The second kappa shape index (κ2) is 5.63. The van der Waals surface area contributed by atoms with E-state index in [2.05, 4.69) is 9.97 Å². The average molecular weight is 212 g/mol. The fourth-order valence-corrected chi connectivity index (χ4v) is 0.933. The van der Waals surface area contributed by atoms with Crippen LogP contribution in [0.1, 0.15) is 25.5 Å². The molecule has 1 atom stereocenters. The van der Waals surface area contributed by atoms with E-state index in [4.69, 9.17) is 14.9 Å². The van der Waals surface area contributed by atoms with Gasteiger partial charge in [-0.05, 0) is 5.92 Å². The summed E-state index contributed by atoms with van der Waals surface area (Å²) in [7, 11) is 0. The lowest BCUT2D eigenvalue weighted by atomic mass is 10.1. The highest BCUT2D eigenvalue weighted by molar-refractivity contribution is 5.09. The molecule has 0 saturated carbocycles. The molecule has 0 amide bonds. The Balaban J connectivity index is 2.50. The van der Waals surface area contributed by atoms with Crippen molar-refractivity contribution in [2.75, 3.05) is 13.2 Å². The van der Waals surface area contributed by atoms with Gasteiger partial charge in [-0.1, -0.05) is 13.8 Å². The molecule has 0 aromatic carbocycles. The summed E-state index contributed by atoms with van der Waals surface area (Å²) in [6.07, 6.45) is 2.28. The molecule has 0 bridgehead atoms. The molecule has 15 heavy (non-hydrogen) atoms. The van der Waals surface area contributed by atoms with Gasteiger partial charge in [0.15, 0.2) is 0 Å². The highest BCUT2D eigenvalue weighted by Crippen LogP contribution is 2.12. The Kier molecular flexibility index (Phi) is 4.45. The summed E-state index contributed by atoms with van der Waals surface area (Å²) >= 11 is 0. The molecule has 5 nitrogen and oxygen atoms in total. The lowest BCUT2D eigenvalue weighted by molar-refractivity contribution is 0.0519. The first-order valence-electron chi connectivity index (χ1n) is 4.87. The average Bonchev–Trinajstić information content (AvgIpc) is 2.26. The summed E-state index contributed by atoms with van der Waals surface area (Å²) in [5, 5.41) is 17.6. The van der Waals surface area contributed by atoms with Crippen LogP contribution >= 0.6 is 0 Å². The van der Waals surface area contributed by atoms with E-state index in [0.29, 0.717) is 11.8 Å². The molecule has 0 spiro atoms. The van der Waals surface area contributed by atoms with E-state index in [1.54, 1.807) is 6.20 Å². The third kappa shape index (κ3) is 3.81. The third-order valence-electron chi connectivity index (χ3n) is 1.87. The van der Waals surface area contributed by atoms with Crippen molar-refractivity contribution < 1.29 is 14.9 Å². The van der Waals surface area contributed by atoms with E-state index in [-0.39, 0.29) is 13.2 Å². The zero-order valence-corrected chi connectivity index (χ0v) is 8.92. The Labute approximate surface area is 88.8 Å². The molecule has 0 radical (unpaired) electrons. The number of rotatable bonds is 5. The number of aliphatic hydroxyl groups is 2. The largest absolute Gasteiger partial charge is 0.474 e. The van der Waals surface area contributed by atoms with Gasteiger partial charge in [0.2, 0.25) is 5.88 Å². The number of hydrogen-bond acceptors (Lipinski definition) is 5. The summed E-state index contributed by atoms with van der Waals surface area (Å²) in [6, 6.07) is 0. The normalized spacial score (nSPS) is 12.9. The van der Waals surface area contributed by atoms with Crippen molar-refractivity contribution in [3.05, 3.63) is 18.1 Å². The van der Waals surface area contributed by atoms with Crippen molar-refractivity contribution in [3.63, 3.8) is 0 Å². The van der Waals surface area contributed by atoms with Crippen LogP contribution in [0.3, 0.4) is 0 Å². The van der Waals surface area contributed by atoms with Crippen molar-refractivity contribution in [2.24, 2.45) is 0 Å². The van der Waals surface area contributed by atoms with Crippen LogP contribution < -0.4 is 4.74 Å². The van der Waals surface area contributed by atoms with Gasteiger partial charge in [-0.2, -0.15) is 0 Å². The predicted octanol–water partition coefficient (Wildman–Crippen LogP) is 0.332. The van der Waals surface area contributed by atoms with Crippen LogP contribution in [0, 0.1) is 0 Å². The van der Waals surface area contributed by atoms with Gasteiger partial charge in [-0.25, -0.2) is 4.98 Å². The Morgan fingerprint density at radius 2 is 2.07 bits per heavy atom. The molecule has 5 heteroatoms. The van der Waals surface area contributed by atoms with Crippen LogP contribution in [0.4, 0.5) is 0 Å². The van der Waals surface area contributed by atoms with Gasteiger partial charge in [0.1, 0.15) is 12.7 Å². The first-order chi connectivity index (χ1) is 7.13. The van der Waals surface area contributed by atoms with Gasteiger partial charge in [-0.3, -0.25) is 4.98 Å². The minimum atomic E-state index is -0.878. The zero-order chi connectivity index (χ0) is 11.3. The quantitative estimate of drug-likeness (QED) is 0.735. The smallest absolute Gasteiger partial charge is 0.232 e. The third-order valence-corrected chi connectivity index (χ3v) is 1.87. The van der Waals surface area contributed by atoms with Crippen LogP contribution in [0.25, 0.3) is 0 Å². The van der Waals surface area contributed by atoms with Crippen molar-refractivity contribution >= 4 is 0 Å². The lowest BCUT2D eigenvalue weighted by Crippen LogP contribution is -2.21. The summed E-state index contributed by atoms with van der Waals surface area (Å²) < 4.78 is 5.11. The van der Waals surface area contributed by atoms with Crippen molar-refractivity contribution in [3.8, 4) is 5.88 Å². The second-order valence-electron chi connectivity index (χ2n) is 3.58. The first kappa shape index (κ1) is 11.9. The topological polar surface area (TPSA) is 75.5 Å². The lowest BCUT2D eigenvalue weighted by Gasteiger charge is -2.09. The zero-order valence-electron chi connectivity index (χ0n) is 8.92. The highest BCUT2D eigenvalue weighted by Gasteiger charge is 2.05. The molecular formula is C10H16N2O3. The van der Waals surface area contributed by atoms with Gasteiger partial charge >= 0.3 is 0 Å². The summed E-state index contributed by atoms with van der Waals surface area (Å²) in [5.41, 5.74) is 0.894. The highest BCUT2D eigenvalue weighted by atomic mass is 16.5.